The van der Waals surface area contributed by atoms with Crippen molar-refractivity contribution in [3.05, 3.63) is 53.7 Å². The van der Waals surface area contributed by atoms with Gasteiger partial charge in [-0.3, -0.25) is 4.57 Å². The maximum Gasteiger partial charge on any atom is 0.194 e. The summed E-state index contributed by atoms with van der Waals surface area (Å²) in [4.78, 5) is 8.33. The van der Waals surface area contributed by atoms with Gasteiger partial charge in [0.05, 0.1) is 11.6 Å². The van der Waals surface area contributed by atoms with Crippen LogP contribution in [0.4, 0.5) is 13.2 Å². The van der Waals surface area contributed by atoms with E-state index < -0.39 is 17.5 Å². The van der Waals surface area contributed by atoms with E-state index in [0.717, 1.165) is 12.1 Å². The van der Waals surface area contributed by atoms with Gasteiger partial charge < -0.3 is 0 Å². The fourth-order valence-electron chi connectivity index (χ4n) is 1.99. The minimum Gasteiger partial charge on any atom is -0.279 e. The molecule has 3 aromatic rings. The molecule has 2 heterocycles. The molecule has 0 saturated carbocycles. The topological polar surface area (TPSA) is 30.7 Å². The molecule has 0 unspecified atom stereocenters. The molecule has 0 aliphatic heterocycles. The summed E-state index contributed by atoms with van der Waals surface area (Å²) in [6, 6.07) is 5.14. The molecule has 0 saturated heterocycles. The first-order valence-electron chi connectivity index (χ1n) is 5.65. The number of halogens is 4. The highest BCUT2D eigenvalue weighted by atomic mass is 35.5. The number of benzene rings is 1. The summed E-state index contributed by atoms with van der Waals surface area (Å²) in [5.41, 5.74) is 1.01. The van der Waals surface area contributed by atoms with Crippen LogP contribution in [0.1, 0.15) is 5.82 Å². The van der Waals surface area contributed by atoms with Crippen molar-refractivity contribution in [1.29, 1.82) is 0 Å². The smallest absolute Gasteiger partial charge is 0.194 e. The van der Waals surface area contributed by atoms with Gasteiger partial charge in [0.15, 0.2) is 23.1 Å². The summed E-state index contributed by atoms with van der Waals surface area (Å²) in [6.07, 6.45) is 1.52. The molecule has 0 amide bonds. The molecule has 0 fully saturated rings. The van der Waals surface area contributed by atoms with Crippen molar-refractivity contribution in [1.82, 2.24) is 14.5 Å². The molecular formula is C13H7ClF3N3. The van der Waals surface area contributed by atoms with Crippen LogP contribution < -0.4 is 0 Å². The first-order chi connectivity index (χ1) is 9.61. The van der Waals surface area contributed by atoms with Crippen molar-refractivity contribution in [2.24, 2.45) is 0 Å². The lowest BCUT2D eigenvalue weighted by Gasteiger charge is -2.08. The van der Waals surface area contributed by atoms with Crippen molar-refractivity contribution >= 4 is 22.8 Å². The number of nitrogens with zero attached hydrogens (tertiary/aromatic N) is 3. The van der Waals surface area contributed by atoms with Gasteiger partial charge in [-0.1, -0.05) is 0 Å². The molecule has 0 N–H and O–H groups in total. The molecule has 20 heavy (non-hydrogen) atoms. The lowest BCUT2D eigenvalue weighted by Crippen LogP contribution is -2.03. The Kier molecular flexibility index (Phi) is 3.10. The monoisotopic (exact) mass is 297 g/mol. The zero-order chi connectivity index (χ0) is 14.3. The van der Waals surface area contributed by atoms with Gasteiger partial charge in [-0.25, -0.2) is 23.1 Å². The van der Waals surface area contributed by atoms with Gasteiger partial charge in [0.25, 0.3) is 0 Å². The number of hydrogen-bond donors (Lipinski definition) is 0. The molecule has 102 valence electrons. The van der Waals surface area contributed by atoms with Gasteiger partial charge in [0.1, 0.15) is 11.3 Å². The molecule has 0 bridgehead atoms. The average molecular weight is 298 g/mol. The minimum absolute atomic E-state index is 0.0248. The van der Waals surface area contributed by atoms with Crippen LogP contribution in [-0.4, -0.2) is 14.5 Å². The van der Waals surface area contributed by atoms with Gasteiger partial charge >= 0.3 is 0 Å². The zero-order valence-electron chi connectivity index (χ0n) is 9.95. The highest BCUT2D eigenvalue weighted by molar-refractivity contribution is 6.16. The van der Waals surface area contributed by atoms with E-state index in [1.165, 1.54) is 10.8 Å². The van der Waals surface area contributed by atoms with E-state index in [9.17, 15) is 13.2 Å². The van der Waals surface area contributed by atoms with Crippen LogP contribution in [0.25, 0.3) is 16.9 Å². The first-order valence-corrected chi connectivity index (χ1v) is 6.18. The maximum atomic E-state index is 13.4. The van der Waals surface area contributed by atoms with Gasteiger partial charge in [0, 0.05) is 18.3 Å². The van der Waals surface area contributed by atoms with Crippen LogP contribution in [0.2, 0.25) is 0 Å². The summed E-state index contributed by atoms with van der Waals surface area (Å²) in [6.45, 7) is 0. The van der Waals surface area contributed by atoms with E-state index in [-0.39, 0.29) is 11.6 Å². The Hall–Kier alpha value is -2.08. The van der Waals surface area contributed by atoms with Gasteiger partial charge in [-0.15, -0.1) is 11.6 Å². The Labute approximate surface area is 116 Å². The third-order valence-corrected chi connectivity index (χ3v) is 3.07. The fraction of sp³-hybridized carbons (Fsp3) is 0.0769. The molecule has 0 aliphatic rings. The van der Waals surface area contributed by atoms with Crippen LogP contribution in [0.3, 0.4) is 0 Å². The summed E-state index contributed by atoms with van der Waals surface area (Å²) >= 11 is 5.79. The molecule has 0 atom stereocenters. The summed E-state index contributed by atoms with van der Waals surface area (Å²) < 4.78 is 41.2. The second-order valence-corrected chi connectivity index (χ2v) is 4.33. The van der Waals surface area contributed by atoms with Crippen LogP contribution in [0.15, 0.2) is 30.5 Å². The van der Waals surface area contributed by atoms with Gasteiger partial charge in [-0.05, 0) is 12.1 Å². The number of imidazole rings is 1. The van der Waals surface area contributed by atoms with E-state index in [1.54, 1.807) is 12.1 Å². The van der Waals surface area contributed by atoms with Gasteiger partial charge in [-0.2, -0.15) is 0 Å². The number of hydrogen-bond acceptors (Lipinski definition) is 2. The average Bonchev–Trinajstić information content (AvgIpc) is 2.82. The van der Waals surface area contributed by atoms with Gasteiger partial charge in [0.2, 0.25) is 0 Å². The Morgan fingerprint density at radius 3 is 2.50 bits per heavy atom. The quantitative estimate of drug-likeness (QED) is 0.535. The highest BCUT2D eigenvalue weighted by Crippen LogP contribution is 2.23. The van der Waals surface area contributed by atoms with Crippen LogP contribution >= 0.6 is 11.6 Å². The normalized spacial score (nSPS) is 11.2. The molecular weight excluding hydrogens is 291 g/mol. The predicted molar refractivity (Wildman–Crippen MR) is 68.3 cm³/mol. The van der Waals surface area contributed by atoms with Crippen LogP contribution in [0, 0.1) is 17.5 Å². The number of alkyl halides is 1. The van der Waals surface area contributed by atoms with E-state index in [1.807, 2.05) is 0 Å². The third kappa shape index (κ3) is 1.92. The molecule has 3 rings (SSSR count). The Morgan fingerprint density at radius 1 is 1.15 bits per heavy atom. The largest absolute Gasteiger partial charge is 0.279 e. The molecule has 2 aromatic heterocycles. The summed E-state index contributed by atoms with van der Waals surface area (Å²) in [5.74, 6) is -3.68. The van der Waals surface area contributed by atoms with E-state index >= 15 is 0 Å². The van der Waals surface area contributed by atoms with Crippen molar-refractivity contribution < 1.29 is 13.2 Å². The highest BCUT2D eigenvalue weighted by Gasteiger charge is 2.17. The molecule has 7 heteroatoms. The van der Waals surface area contributed by atoms with Crippen molar-refractivity contribution in [2.75, 3.05) is 0 Å². The maximum absolute atomic E-state index is 13.4. The lowest BCUT2D eigenvalue weighted by molar-refractivity contribution is 0.446. The Morgan fingerprint density at radius 2 is 1.85 bits per heavy atom. The first kappa shape index (κ1) is 12.9. The van der Waals surface area contributed by atoms with Crippen LogP contribution in [-0.2, 0) is 5.88 Å². The zero-order valence-corrected chi connectivity index (χ0v) is 10.7. The predicted octanol–water partition coefficient (Wildman–Crippen LogP) is 3.58. The molecule has 3 nitrogen and oxygen atoms in total. The summed E-state index contributed by atoms with van der Waals surface area (Å²) in [7, 11) is 0. The van der Waals surface area contributed by atoms with E-state index in [2.05, 4.69) is 9.97 Å². The number of pyridine rings is 1. The lowest BCUT2D eigenvalue weighted by atomic mass is 10.2. The van der Waals surface area contributed by atoms with E-state index in [4.69, 9.17) is 11.6 Å². The number of aromatic nitrogens is 3. The fourth-order valence-corrected chi connectivity index (χ4v) is 2.17. The molecule has 0 radical (unpaired) electrons. The van der Waals surface area contributed by atoms with Crippen molar-refractivity contribution in [2.45, 2.75) is 5.88 Å². The Bertz CT molecular complexity index is 778. The second kappa shape index (κ2) is 4.79. The number of fused-ring (bicyclic) bond motifs is 1. The van der Waals surface area contributed by atoms with Crippen molar-refractivity contribution in [3.63, 3.8) is 0 Å². The molecule has 1 aromatic carbocycles. The summed E-state index contributed by atoms with van der Waals surface area (Å²) in [5, 5.41) is 0. The second-order valence-electron chi connectivity index (χ2n) is 4.07. The third-order valence-electron chi connectivity index (χ3n) is 2.83. The van der Waals surface area contributed by atoms with E-state index in [0.29, 0.717) is 17.0 Å². The molecule has 0 spiro atoms. The standard InChI is InChI=1S/C13H7ClF3N3/c14-6-11-19-10-2-1-3-18-13(10)20(11)7-4-8(15)12(17)9(16)5-7/h1-5H,6H2. The Balaban J connectivity index is 2.33. The SMILES string of the molecule is Fc1cc(-n2c(CCl)nc3cccnc32)cc(F)c1F. The minimum atomic E-state index is -1.52. The molecule has 0 aliphatic carbocycles. The van der Waals surface area contributed by atoms with Crippen LogP contribution in [0.5, 0.6) is 0 Å². The van der Waals surface area contributed by atoms with Crippen molar-refractivity contribution in [3.8, 4) is 5.69 Å². The number of rotatable bonds is 2.